The molecule has 2 heterocycles. The van der Waals surface area contributed by atoms with Crippen molar-refractivity contribution in [3.63, 3.8) is 0 Å². The Morgan fingerprint density at radius 1 is 1.17 bits per heavy atom. The summed E-state index contributed by atoms with van der Waals surface area (Å²) >= 11 is 7.47. The van der Waals surface area contributed by atoms with Gasteiger partial charge >= 0.3 is 5.97 Å². The molecule has 0 spiro atoms. The van der Waals surface area contributed by atoms with Crippen LogP contribution in [0.15, 0.2) is 47.4 Å². The minimum absolute atomic E-state index is 0.0718. The van der Waals surface area contributed by atoms with Crippen LogP contribution >= 0.6 is 22.9 Å². The van der Waals surface area contributed by atoms with E-state index < -0.39 is 5.97 Å². The smallest absolute Gasteiger partial charge is 0.337 e. The topological polar surface area (TPSA) is 66.9 Å². The van der Waals surface area contributed by atoms with E-state index in [4.69, 9.17) is 30.5 Å². The van der Waals surface area contributed by atoms with Crippen LogP contribution in [0.4, 0.5) is 0 Å². The first-order chi connectivity index (χ1) is 14.6. The highest BCUT2D eigenvalue weighted by molar-refractivity contribution is 7.13. The lowest BCUT2D eigenvalue weighted by Crippen LogP contribution is -2.17. The van der Waals surface area contributed by atoms with Crippen LogP contribution in [0.5, 0.6) is 17.2 Å². The molecule has 0 saturated heterocycles. The van der Waals surface area contributed by atoms with Crippen LogP contribution in [0.2, 0.25) is 5.02 Å². The van der Waals surface area contributed by atoms with Gasteiger partial charge in [0, 0.05) is 21.5 Å². The summed E-state index contributed by atoms with van der Waals surface area (Å²) in [5, 5.41) is 3.24. The van der Waals surface area contributed by atoms with Gasteiger partial charge in [0.15, 0.2) is 11.5 Å². The van der Waals surface area contributed by atoms with Crippen molar-refractivity contribution >= 4 is 35.0 Å². The fraction of sp³-hybridized carbons (Fsp3) is 0.182. The van der Waals surface area contributed by atoms with E-state index in [1.165, 1.54) is 11.3 Å². The molecule has 0 radical (unpaired) electrons. The molecule has 0 fully saturated rings. The predicted molar refractivity (Wildman–Crippen MR) is 115 cm³/mol. The number of rotatable bonds is 6. The third-order valence-electron chi connectivity index (χ3n) is 4.48. The van der Waals surface area contributed by atoms with Crippen LogP contribution in [-0.2, 0) is 16.1 Å². The van der Waals surface area contributed by atoms with Gasteiger partial charge in [-0.25, -0.2) is 9.78 Å². The number of benzene rings is 2. The summed E-state index contributed by atoms with van der Waals surface area (Å²) in [6, 6.07) is 10.9. The van der Waals surface area contributed by atoms with Gasteiger partial charge < -0.3 is 18.9 Å². The number of aromatic nitrogens is 1. The van der Waals surface area contributed by atoms with E-state index in [1.807, 2.05) is 23.6 Å². The molecule has 4 rings (SSSR count). The van der Waals surface area contributed by atoms with Crippen LogP contribution in [0.1, 0.15) is 11.3 Å². The summed E-state index contributed by atoms with van der Waals surface area (Å²) in [7, 11) is 3.18. The van der Waals surface area contributed by atoms with Crippen LogP contribution < -0.4 is 14.2 Å². The minimum atomic E-state index is -0.443. The lowest BCUT2D eigenvalue weighted by molar-refractivity contribution is -0.140. The Bertz CT molecular complexity index is 1120. The predicted octanol–water partition coefficient (Wildman–Crippen LogP) is 5.00. The van der Waals surface area contributed by atoms with Gasteiger partial charge in [0.1, 0.15) is 24.0 Å². The summed E-state index contributed by atoms with van der Waals surface area (Å²) < 4.78 is 21.6. The summed E-state index contributed by atoms with van der Waals surface area (Å²) in [5.41, 5.74) is 2.75. The molecule has 0 bridgehead atoms. The van der Waals surface area contributed by atoms with Crippen molar-refractivity contribution in [2.45, 2.75) is 6.61 Å². The summed E-state index contributed by atoms with van der Waals surface area (Å²) in [6.07, 6.45) is 1.74. The van der Waals surface area contributed by atoms with Gasteiger partial charge in [-0.05, 0) is 42.5 Å². The number of thiazole rings is 1. The van der Waals surface area contributed by atoms with E-state index in [1.54, 1.807) is 38.5 Å². The summed E-state index contributed by atoms with van der Waals surface area (Å²) in [6.45, 7) is 0.226. The van der Waals surface area contributed by atoms with E-state index in [0.717, 1.165) is 16.1 Å². The first-order valence-electron chi connectivity index (χ1n) is 9.04. The Morgan fingerprint density at radius 3 is 2.80 bits per heavy atom. The zero-order chi connectivity index (χ0) is 21.1. The van der Waals surface area contributed by atoms with Crippen LogP contribution in [0, 0.1) is 0 Å². The molecule has 2 aromatic carbocycles. The first kappa shape index (κ1) is 20.3. The van der Waals surface area contributed by atoms with Crippen molar-refractivity contribution in [1.29, 1.82) is 0 Å². The number of ether oxygens (including phenoxy) is 4. The molecule has 3 aromatic rings. The zero-order valence-corrected chi connectivity index (χ0v) is 17.9. The Kier molecular flexibility index (Phi) is 5.92. The van der Waals surface area contributed by atoms with Crippen molar-refractivity contribution in [3.05, 3.63) is 63.6 Å². The minimum Gasteiger partial charge on any atom is -0.493 e. The summed E-state index contributed by atoms with van der Waals surface area (Å²) in [4.78, 5) is 17.0. The summed E-state index contributed by atoms with van der Waals surface area (Å²) in [5.74, 6) is 1.52. The third-order valence-corrected chi connectivity index (χ3v) is 5.66. The SMILES string of the molecule is COc1ccc(-c2nc(COC(=O)C3=Cc4cc(Cl)ccc4OC3)cs2)cc1OC. The molecule has 0 unspecified atom stereocenters. The maximum Gasteiger partial charge on any atom is 0.337 e. The zero-order valence-electron chi connectivity index (χ0n) is 16.3. The standard InChI is InChI=1S/C22H18ClNO5S/c1-26-19-5-3-13(9-20(19)27-2)21-24-17(12-30-21)11-29-22(25)15-7-14-8-16(23)4-6-18(14)28-10-15/h3-9,12H,10-11H2,1-2H3. The number of nitrogens with zero attached hydrogens (tertiary/aromatic N) is 1. The monoisotopic (exact) mass is 443 g/mol. The highest BCUT2D eigenvalue weighted by Crippen LogP contribution is 2.34. The fourth-order valence-corrected chi connectivity index (χ4v) is 3.96. The molecule has 8 heteroatoms. The molecule has 1 aliphatic heterocycles. The van der Waals surface area contributed by atoms with E-state index in [9.17, 15) is 4.79 Å². The van der Waals surface area contributed by atoms with Gasteiger partial charge in [-0.15, -0.1) is 11.3 Å². The lowest BCUT2D eigenvalue weighted by Gasteiger charge is -2.17. The lowest BCUT2D eigenvalue weighted by atomic mass is 10.1. The van der Waals surface area contributed by atoms with E-state index in [-0.39, 0.29) is 13.2 Å². The number of halogens is 1. The second kappa shape index (κ2) is 8.77. The molecule has 154 valence electrons. The number of carbonyl (C=O) groups is 1. The van der Waals surface area contributed by atoms with Crippen molar-refractivity contribution in [1.82, 2.24) is 4.98 Å². The Balaban J connectivity index is 1.43. The molecule has 0 aliphatic carbocycles. The van der Waals surface area contributed by atoms with Gasteiger partial charge in [0.05, 0.1) is 25.5 Å². The van der Waals surface area contributed by atoms with Crippen LogP contribution in [-0.4, -0.2) is 31.8 Å². The highest BCUT2D eigenvalue weighted by atomic mass is 35.5. The number of methoxy groups -OCH3 is 2. The average Bonchev–Trinajstić information content (AvgIpc) is 3.25. The van der Waals surface area contributed by atoms with Crippen molar-refractivity contribution in [2.75, 3.05) is 20.8 Å². The normalized spacial score (nSPS) is 12.4. The van der Waals surface area contributed by atoms with Gasteiger partial charge in [0.2, 0.25) is 0 Å². The fourth-order valence-electron chi connectivity index (χ4n) is 2.97. The van der Waals surface area contributed by atoms with E-state index >= 15 is 0 Å². The van der Waals surface area contributed by atoms with Gasteiger partial charge in [-0.3, -0.25) is 0 Å². The first-order valence-corrected chi connectivity index (χ1v) is 10.3. The van der Waals surface area contributed by atoms with Crippen LogP contribution in [0.3, 0.4) is 0 Å². The van der Waals surface area contributed by atoms with Crippen molar-refractivity contribution < 1.29 is 23.7 Å². The van der Waals surface area contributed by atoms with E-state index in [0.29, 0.717) is 33.5 Å². The third kappa shape index (κ3) is 4.27. The molecular weight excluding hydrogens is 426 g/mol. The van der Waals surface area contributed by atoms with Gasteiger partial charge in [0.25, 0.3) is 0 Å². The molecule has 1 aliphatic rings. The largest absolute Gasteiger partial charge is 0.493 e. The molecule has 0 N–H and O–H groups in total. The van der Waals surface area contributed by atoms with E-state index in [2.05, 4.69) is 4.98 Å². The maximum absolute atomic E-state index is 12.4. The molecule has 1 aromatic heterocycles. The Hall–Kier alpha value is -3.03. The second-order valence-electron chi connectivity index (χ2n) is 6.43. The molecule has 0 amide bonds. The molecule has 0 saturated carbocycles. The Labute approximate surface area is 182 Å². The average molecular weight is 444 g/mol. The number of fused-ring (bicyclic) bond motifs is 1. The molecule has 0 atom stereocenters. The van der Waals surface area contributed by atoms with Gasteiger partial charge in [-0.2, -0.15) is 0 Å². The van der Waals surface area contributed by atoms with Crippen molar-refractivity contribution in [3.8, 4) is 27.8 Å². The molecular formula is C22H18ClNO5S. The second-order valence-corrected chi connectivity index (χ2v) is 7.72. The van der Waals surface area contributed by atoms with Gasteiger partial charge in [-0.1, -0.05) is 11.6 Å². The number of esters is 1. The number of hydrogen-bond donors (Lipinski definition) is 0. The quantitative estimate of drug-likeness (QED) is 0.499. The number of hydrogen-bond acceptors (Lipinski definition) is 7. The molecule has 30 heavy (non-hydrogen) atoms. The molecule has 6 nitrogen and oxygen atoms in total. The Morgan fingerprint density at radius 2 is 2.00 bits per heavy atom. The maximum atomic E-state index is 12.4. The number of carbonyl (C=O) groups excluding carboxylic acids is 1. The highest BCUT2D eigenvalue weighted by Gasteiger charge is 2.19. The van der Waals surface area contributed by atoms with Crippen molar-refractivity contribution in [2.24, 2.45) is 0 Å². The van der Waals surface area contributed by atoms with Crippen LogP contribution in [0.25, 0.3) is 16.6 Å².